The molecule has 0 aromatic carbocycles. The number of esters is 1. The van der Waals surface area contributed by atoms with Gasteiger partial charge in [0.2, 0.25) is 0 Å². The van der Waals surface area contributed by atoms with Crippen LogP contribution in [0.3, 0.4) is 0 Å². The lowest BCUT2D eigenvalue weighted by Gasteiger charge is -2.10. The molecule has 0 saturated carbocycles. The van der Waals surface area contributed by atoms with E-state index < -0.39 is 0 Å². The number of unbranched alkanes of at least 4 members (excludes halogenated alkanes) is 3. The fraction of sp³-hybridized carbons (Fsp3) is 0.800. The van der Waals surface area contributed by atoms with Crippen molar-refractivity contribution in [2.24, 2.45) is 5.92 Å². The number of aromatic nitrogens is 3. The molecule has 0 aliphatic carbocycles. The van der Waals surface area contributed by atoms with E-state index in [0.29, 0.717) is 18.2 Å². The van der Waals surface area contributed by atoms with Crippen LogP contribution < -0.4 is 0 Å². The molecule has 0 bridgehead atoms. The van der Waals surface area contributed by atoms with E-state index in [0.717, 1.165) is 44.3 Å². The van der Waals surface area contributed by atoms with Crippen molar-refractivity contribution in [2.75, 3.05) is 13.2 Å². The molecule has 1 N–H and O–H groups in total. The average molecular weight is 297 g/mol. The van der Waals surface area contributed by atoms with Gasteiger partial charge in [-0.3, -0.25) is 0 Å². The molecule has 1 heterocycles. The molecule has 0 spiro atoms. The molecule has 1 rings (SSSR count). The molecule has 0 unspecified atom stereocenters. The van der Waals surface area contributed by atoms with E-state index in [4.69, 9.17) is 9.84 Å². The van der Waals surface area contributed by atoms with Crippen LogP contribution in [0.5, 0.6) is 0 Å². The summed E-state index contributed by atoms with van der Waals surface area (Å²) in [6, 6.07) is 0. The molecule has 120 valence electrons. The number of carbonyl (C=O) groups excluding carboxylic acids is 1. The third-order valence-electron chi connectivity index (χ3n) is 3.19. The highest BCUT2D eigenvalue weighted by atomic mass is 16.5. The molecular weight excluding hydrogens is 270 g/mol. The molecule has 0 amide bonds. The SMILES string of the molecule is CCOC(=O)c1nnn(CCCCCCO)c1CC(C)C. The van der Waals surface area contributed by atoms with Gasteiger partial charge in [0.05, 0.1) is 12.3 Å². The van der Waals surface area contributed by atoms with Gasteiger partial charge in [-0.2, -0.15) is 0 Å². The van der Waals surface area contributed by atoms with Crippen LogP contribution in [0.25, 0.3) is 0 Å². The van der Waals surface area contributed by atoms with E-state index in [1.165, 1.54) is 0 Å². The van der Waals surface area contributed by atoms with Crippen LogP contribution in [0.2, 0.25) is 0 Å². The largest absolute Gasteiger partial charge is 0.461 e. The number of rotatable bonds is 10. The smallest absolute Gasteiger partial charge is 0.360 e. The monoisotopic (exact) mass is 297 g/mol. The molecule has 6 heteroatoms. The van der Waals surface area contributed by atoms with Crippen molar-refractivity contribution in [1.82, 2.24) is 15.0 Å². The summed E-state index contributed by atoms with van der Waals surface area (Å²) >= 11 is 0. The maximum Gasteiger partial charge on any atom is 0.360 e. The zero-order chi connectivity index (χ0) is 15.7. The fourth-order valence-electron chi connectivity index (χ4n) is 2.19. The fourth-order valence-corrected chi connectivity index (χ4v) is 2.19. The van der Waals surface area contributed by atoms with Gasteiger partial charge in [0.15, 0.2) is 5.69 Å². The normalized spacial score (nSPS) is 11.1. The van der Waals surface area contributed by atoms with Gasteiger partial charge in [0.1, 0.15) is 0 Å². The van der Waals surface area contributed by atoms with Crippen molar-refractivity contribution >= 4 is 5.97 Å². The molecule has 0 aliphatic heterocycles. The summed E-state index contributed by atoms with van der Waals surface area (Å²) < 4.78 is 6.86. The lowest BCUT2D eigenvalue weighted by Crippen LogP contribution is -2.13. The van der Waals surface area contributed by atoms with Crippen molar-refractivity contribution in [3.8, 4) is 0 Å². The Balaban J connectivity index is 2.71. The number of nitrogens with zero attached hydrogens (tertiary/aromatic N) is 3. The Morgan fingerprint density at radius 2 is 2.00 bits per heavy atom. The maximum atomic E-state index is 11.9. The maximum absolute atomic E-state index is 11.9. The van der Waals surface area contributed by atoms with Gasteiger partial charge in [-0.05, 0) is 32.1 Å². The Morgan fingerprint density at radius 3 is 2.62 bits per heavy atom. The van der Waals surface area contributed by atoms with Crippen LogP contribution >= 0.6 is 0 Å². The van der Waals surface area contributed by atoms with Crippen LogP contribution in [0, 0.1) is 5.92 Å². The molecule has 0 radical (unpaired) electrons. The predicted molar refractivity (Wildman–Crippen MR) is 80.1 cm³/mol. The second-order valence-electron chi connectivity index (χ2n) is 5.56. The third kappa shape index (κ3) is 5.83. The number of aliphatic hydroxyl groups excluding tert-OH is 1. The Bertz CT molecular complexity index is 430. The van der Waals surface area contributed by atoms with E-state index in [9.17, 15) is 4.79 Å². The molecule has 0 aliphatic rings. The zero-order valence-electron chi connectivity index (χ0n) is 13.3. The lowest BCUT2D eigenvalue weighted by molar-refractivity contribution is 0.0517. The molecule has 1 aromatic heterocycles. The first-order valence-corrected chi connectivity index (χ1v) is 7.80. The molecule has 0 fully saturated rings. The van der Waals surface area contributed by atoms with Gasteiger partial charge in [0.25, 0.3) is 0 Å². The quantitative estimate of drug-likeness (QED) is 0.529. The van der Waals surface area contributed by atoms with Crippen LogP contribution in [0.4, 0.5) is 0 Å². The van der Waals surface area contributed by atoms with E-state index >= 15 is 0 Å². The molecule has 0 atom stereocenters. The first-order chi connectivity index (χ1) is 10.1. The van der Waals surface area contributed by atoms with E-state index in [1.54, 1.807) is 6.92 Å². The second-order valence-corrected chi connectivity index (χ2v) is 5.56. The summed E-state index contributed by atoms with van der Waals surface area (Å²) in [4.78, 5) is 11.9. The van der Waals surface area contributed by atoms with Crippen LogP contribution in [-0.4, -0.2) is 39.3 Å². The standard InChI is InChI=1S/C15H27N3O3/c1-4-21-15(20)14-13(11-12(2)3)18(17-16-14)9-7-5-6-8-10-19/h12,19H,4-11H2,1-3H3. The van der Waals surface area contributed by atoms with Gasteiger partial charge in [-0.25, -0.2) is 9.48 Å². The Hall–Kier alpha value is -1.43. The van der Waals surface area contributed by atoms with Gasteiger partial charge < -0.3 is 9.84 Å². The number of carbonyl (C=O) groups is 1. The molecule has 21 heavy (non-hydrogen) atoms. The summed E-state index contributed by atoms with van der Waals surface area (Å²) in [5.41, 5.74) is 1.21. The molecular formula is C15H27N3O3. The first kappa shape index (κ1) is 17.6. The molecule has 0 saturated heterocycles. The first-order valence-electron chi connectivity index (χ1n) is 7.80. The van der Waals surface area contributed by atoms with Crippen molar-refractivity contribution in [3.05, 3.63) is 11.4 Å². The molecule has 6 nitrogen and oxygen atoms in total. The van der Waals surface area contributed by atoms with E-state index in [2.05, 4.69) is 24.2 Å². The van der Waals surface area contributed by atoms with E-state index in [1.807, 2.05) is 4.68 Å². The van der Waals surface area contributed by atoms with E-state index in [-0.39, 0.29) is 12.6 Å². The lowest BCUT2D eigenvalue weighted by atomic mass is 10.1. The summed E-state index contributed by atoms with van der Waals surface area (Å²) in [5.74, 6) is 0.0319. The Kier molecular flexibility index (Phi) is 7.97. The topological polar surface area (TPSA) is 77.2 Å². The van der Waals surface area contributed by atoms with Crippen LogP contribution in [-0.2, 0) is 17.7 Å². The van der Waals surface area contributed by atoms with Crippen LogP contribution in [0.15, 0.2) is 0 Å². The zero-order valence-corrected chi connectivity index (χ0v) is 13.3. The average Bonchev–Trinajstić information content (AvgIpc) is 2.81. The van der Waals surface area contributed by atoms with Gasteiger partial charge in [-0.15, -0.1) is 5.10 Å². The van der Waals surface area contributed by atoms with Crippen LogP contribution in [0.1, 0.15) is 62.6 Å². The minimum atomic E-state index is -0.389. The highest BCUT2D eigenvalue weighted by Gasteiger charge is 2.21. The van der Waals surface area contributed by atoms with Gasteiger partial charge in [-0.1, -0.05) is 31.9 Å². The minimum absolute atomic E-state index is 0.245. The van der Waals surface area contributed by atoms with Gasteiger partial charge in [0, 0.05) is 13.2 Å². The summed E-state index contributed by atoms with van der Waals surface area (Å²) in [6.45, 7) is 7.33. The number of hydrogen-bond acceptors (Lipinski definition) is 5. The minimum Gasteiger partial charge on any atom is -0.461 e. The van der Waals surface area contributed by atoms with Gasteiger partial charge >= 0.3 is 5.97 Å². The highest BCUT2D eigenvalue weighted by Crippen LogP contribution is 2.14. The highest BCUT2D eigenvalue weighted by molar-refractivity contribution is 5.88. The second kappa shape index (κ2) is 9.50. The Morgan fingerprint density at radius 1 is 1.29 bits per heavy atom. The van der Waals surface area contributed by atoms with Crippen molar-refractivity contribution in [3.63, 3.8) is 0 Å². The summed E-state index contributed by atoms with van der Waals surface area (Å²) in [5, 5.41) is 16.9. The summed E-state index contributed by atoms with van der Waals surface area (Å²) in [7, 11) is 0. The summed E-state index contributed by atoms with van der Waals surface area (Å²) in [6.07, 6.45) is 4.62. The number of aryl methyl sites for hydroxylation is 1. The third-order valence-corrected chi connectivity index (χ3v) is 3.19. The van der Waals surface area contributed by atoms with Crippen molar-refractivity contribution in [2.45, 2.75) is 59.4 Å². The van der Waals surface area contributed by atoms with Crippen molar-refractivity contribution < 1.29 is 14.6 Å². The number of ether oxygens (including phenoxy) is 1. The van der Waals surface area contributed by atoms with Crippen molar-refractivity contribution in [1.29, 1.82) is 0 Å². The molecule has 1 aromatic rings. The predicted octanol–water partition coefficient (Wildman–Crippen LogP) is 2.21. The number of hydrogen-bond donors (Lipinski definition) is 1. The number of aliphatic hydroxyl groups is 1. The Labute approximate surface area is 126 Å².